The van der Waals surface area contributed by atoms with E-state index in [0.717, 1.165) is 43.6 Å². The highest BCUT2D eigenvalue weighted by Crippen LogP contribution is 2.19. The normalized spacial score (nSPS) is 15.3. The van der Waals surface area contributed by atoms with E-state index in [4.69, 9.17) is 0 Å². The number of benzene rings is 1. The van der Waals surface area contributed by atoms with Crippen molar-refractivity contribution in [2.24, 2.45) is 0 Å². The molecule has 0 spiro atoms. The number of aromatic nitrogens is 3. The zero-order chi connectivity index (χ0) is 19.2. The Morgan fingerprint density at radius 2 is 1.82 bits per heavy atom. The molecule has 0 radical (unpaired) electrons. The van der Waals surface area contributed by atoms with Crippen LogP contribution < -0.4 is 5.32 Å². The van der Waals surface area contributed by atoms with Gasteiger partial charge in [0, 0.05) is 61.6 Å². The first-order valence-corrected chi connectivity index (χ1v) is 9.55. The van der Waals surface area contributed by atoms with E-state index >= 15 is 0 Å². The second kappa shape index (κ2) is 8.71. The molecule has 28 heavy (non-hydrogen) atoms. The lowest BCUT2D eigenvalue weighted by Gasteiger charge is -2.32. The van der Waals surface area contributed by atoms with Crippen LogP contribution in [0.25, 0.3) is 11.1 Å². The Labute approximate surface area is 164 Å². The summed E-state index contributed by atoms with van der Waals surface area (Å²) in [6.45, 7) is 2.86. The van der Waals surface area contributed by atoms with Gasteiger partial charge in [-0.1, -0.05) is 18.2 Å². The van der Waals surface area contributed by atoms with Crippen molar-refractivity contribution in [2.75, 3.05) is 13.1 Å². The predicted octanol–water partition coefficient (Wildman–Crippen LogP) is 2.93. The molecule has 2 aromatic heterocycles. The Bertz CT molecular complexity index is 908. The molecule has 0 bridgehead atoms. The fourth-order valence-corrected chi connectivity index (χ4v) is 3.54. The number of likely N-dealkylation sites (tertiary alicyclic amines) is 1. The van der Waals surface area contributed by atoms with E-state index in [-0.39, 0.29) is 11.9 Å². The Hall–Kier alpha value is -3.12. The first-order chi connectivity index (χ1) is 13.8. The van der Waals surface area contributed by atoms with Gasteiger partial charge in [-0.05, 0) is 42.2 Å². The summed E-state index contributed by atoms with van der Waals surface area (Å²) in [5.41, 5.74) is 3.74. The van der Waals surface area contributed by atoms with Gasteiger partial charge in [0.2, 0.25) is 0 Å². The molecule has 1 aromatic carbocycles. The van der Waals surface area contributed by atoms with Crippen LogP contribution >= 0.6 is 0 Å². The Morgan fingerprint density at radius 3 is 2.57 bits per heavy atom. The Kier molecular flexibility index (Phi) is 5.68. The van der Waals surface area contributed by atoms with Crippen LogP contribution in [0.2, 0.25) is 0 Å². The molecule has 0 atom stereocenters. The van der Waals surface area contributed by atoms with Crippen molar-refractivity contribution in [3.63, 3.8) is 0 Å². The van der Waals surface area contributed by atoms with Gasteiger partial charge in [0.05, 0.1) is 0 Å². The van der Waals surface area contributed by atoms with Gasteiger partial charge in [-0.2, -0.15) is 0 Å². The third-order valence-corrected chi connectivity index (χ3v) is 5.07. The van der Waals surface area contributed by atoms with Crippen LogP contribution in [0.5, 0.6) is 0 Å². The topological polar surface area (TPSA) is 71.0 Å². The lowest BCUT2D eigenvalue weighted by molar-refractivity contribution is 0.0909. The molecule has 1 saturated heterocycles. The maximum atomic E-state index is 12.7. The number of hydrogen-bond donors (Lipinski definition) is 1. The molecule has 0 saturated carbocycles. The number of nitrogens with one attached hydrogen (secondary N) is 1. The van der Waals surface area contributed by atoms with Crippen LogP contribution in [0.1, 0.15) is 28.8 Å². The van der Waals surface area contributed by atoms with Gasteiger partial charge in [0.15, 0.2) is 0 Å². The Balaban J connectivity index is 1.32. The molecule has 1 aliphatic rings. The molecule has 1 N–H and O–H groups in total. The van der Waals surface area contributed by atoms with Crippen LogP contribution in [-0.2, 0) is 6.54 Å². The quantitative estimate of drug-likeness (QED) is 0.745. The van der Waals surface area contributed by atoms with Crippen molar-refractivity contribution in [1.29, 1.82) is 0 Å². The Morgan fingerprint density at radius 1 is 1.00 bits per heavy atom. The average molecular weight is 373 g/mol. The van der Waals surface area contributed by atoms with Crippen molar-refractivity contribution in [3.8, 4) is 11.1 Å². The third kappa shape index (κ3) is 4.58. The van der Waals surface area contributed by atoms with Crippen LogP contribution in [-0.4, -0.2) is 44.9 Å². The lowest BCUT2D eigenvalue weighted by Crippen LogP contribution is -2.44. The van der Waals surface area contributed by atoms with Crippen molar-refractivity contribution in [3.05, 3.63) is 78.6 Å². The molecular formula is C22H23N5O. The molecule has 1 fully saturated rings. The molecular weight excluding hydrogens is 350 g/mol. The summed E-state index contributed by atoms with van der Waals surface area (Å²) in [4.78, 5) is 27.4. The fourth-order valence-electron chi connectivity index (χ4n) is 3.54. The highest BCUT2D eigenvalue weighted by atomic mass is 16.1. The van der Waals surface area contributed by atoms with Gasteiger partial charge in [0.1, 0.15) is 6.33 Å². The summed E-state index contributed by atoms with van der Waals surface area (Å²) in [6.07, 6.45) is 10.6. The lowest BCUT2D eigenvalue weighted by atomic mass is 10.0. The molecule has 6 nitrogen and oxygen atoms in total. The fraction of sp³-hybridized carbons (Fsp3) is 0.273. The molecule has 142 valence electrons. The molecule has 1 aliphatic heterocycles. The molecule has 3 heterocycles. The number of pyridine rings is 1. The maximum Gasteiger partial charge on any atom is 0.251 e. The van der Waals surface area contributed by atoms with Crippen molar-refractivity contribution >= 4 is 5.91 Å². The summed E-state index contributed by atoms with van der Waals surface area (Å²) in [6, 6.07) is 11.9. The van der Waals surface area contributed by atoms with E-state index in [9.17, 15) is 4.79 Å². The van der Waals surface area contributed by atoms with E-state index in [1.807, 2.05) is 36.5 Å². The maximum absolute atomic E-state index is 12.7. The molecule has 3 aromatic rings. The van der Waals surface area contributed by atoms with E-state index in [1.165, 1.54) is 11.9 Å². The number of piperidine rings is 1. The average Bonchev–Trinajstić information content (AvgIpc) is 2.76. The number of carbonyl (C=O) groups excluding carboxylic acids is 1. The number of amides is 1. The predicted molar refractivity (Wildman–Crippen MR) is 107 cm³/mol. The van der Waals surface area contributed by atoms with Gasteiger partial charge >= 0.3 is 0 Å². The van der Waals surface area contributed by atoms with Crippen molar-refractivity contribution in [2.45, 2.75) is 25.4 Å². The van der Waals surface area contributed by atoms with Gasteiger partial charge in [0.25, 0.3) is 5.91 Å². The summed E-state index contributed by atoms with van der Waals surface area (Å²) < 4.78 is 0. The molecule has 4 rings (SSSR count). The number of hydrogen-bond acceptors (Lipinski definition) is 5. The van der Waals surface area contributed by atoms with Gasteiger partial charge in [-0.3, -0.25) is 14.7 Å². The van der Waals surface area contributed by atoms with E-state index in [0.29, 0.717) is 5.56 Å². The van der Waals surface area contributed by atoms with Gasteiger partial charge in [-0.15, -0.1) is 0 Å². The van der Waals surface area contributed by atoms with Crippen LogP contribution in [0.3, 0.4) is 0 Å². The van der Waals surface area contributed by atoms with E-state index < -0.39 is 0 Å². The van der Waals surface area contributed by atoms with Crippen LogP contribution in [0.4, 0.5) is 0 Å². The number of carbonyl (C=O) groups is 1. The van der Waals surface area contributed by atoms with Crippen LogP contribution in [0, 0.1) is 0 Å². The van der Waals surface area contributed by atoms with Crippen LogP contribution in [0.15, 0.2) is 67.5 Å². The summed E-state index contributed by atoms with van der Waals surface area (Å²) in [5, 5.41) is 3.19. The first-order valence-electron chi connectivity index (χ1n) is 9.55. The minimum atomic E-state index is -0.0237. The van der Waals surface area contributed by atoms with E-state index in [1.54, 1.807) is 18.6 Å². The SMILES string of the molecule is O=C(NC1CCN(Cc2cccnc2)CC1)c1cccc(-c2cncnc2)c1. The van der Waals surface area contributed by atoms with Gasteiger partial charge in [-0.25, -0.2) is 9.97 Å². The minimum Gasteiger partial charge on any atom is -0.349 e. The zero-order valence-electron chi connectivity index (χ0n) is 15.7. The van der Waals surface area contributed by atoms with Gasteiger partial charge < -0.3 is 5.32 Å². The van der Waals surface area contributed by atoms with Crippen molar-refractivity contribution < 1.29 is 4.79 Å². The zero-order valence-corrected chi connectivity index (χ0v) is 15.7. The summed E-state index contributed by atoms with van der Waals surface area (Å²) in [5.74, 6) is -0.0237. The molecule has 0 aliphatic carbocycles. The second-order valence-electron chi connectivity index (χ2n) is 7.09. The highest BCUT2D eigenvalue weighted by molar-refractivity contribution is 5.95. The largest absolute Gasteiger partial charge is 0.349 e. The number of rotatable bonds is 5. The monoisotopic (exact) mass is 373 g/mol. The third-order valence-electron chi connectivity index (χ3n) is 5.07. The molecule has 1 amide bonds. The summed E-state index contributed by atoms with van der Waals surface area (Å²) in [7, 11) is 0. The minimum absolute atomic E-state index is 0.0237. The van der Waals surface area contributed by atoms with E-state index in [2.05, 4.69) is 31.2 Å². The van der Waals surface area contributed by atoms with Crippen molar-refractivity contribution in [1.82, 2.24) is 25.2 Å². The second-order valence-corrected chi connectivity index (χ2v) is 7.09. The first kappa shape index (κ1) is 18.3. The number of nitrogens with zero attached hydrogens (tertiary/aromatic N) is 4. The molecule has 0 unspecified atom stereocenters. The standard InChI is InChI=1S/C22H23N5O/c28-22(19-5-1-4-18(11-19)20-13-24-16-25-14-20)26-21-6-9-27(10-7-21)15-17-3-2-8-23-12-17/h1-5,8,11-14,16,21H,6-7,9-10,15H2,(H,26,28). The summed E-state index contributed by atoms with van der Waals surface area (Å²) >= 11 is 0. The smallest absolute Gasteiger partial charge is 0.251 e. The molecule has 6 heteroatoms. The highest BCUT2D eigenvalue weighted by Gasteiger charge is 2.21.